The van der Waals surface area contributed by atoms with Crippen molar-refractivity contribution >= 4 is 0 Å². The van der Waals surface area contributed by atoms with Gasteiger partial charge < -0.3 is 0 Å². The number of rotatable bonds is 1. The summed E-state index contributed by atoms with van der Waals surface area (Å²) in [6.07, 6.45) is 4.93. The molecule has 2 nitrogen and oxygen atoms in total. The summed E-state index contributed by atoms with van der Waals surface area (Å²) >= 11 is 0. The van der Waals surface area contributed by atoms with Gasteiger partial charge in [0.2, 0.25) is 5.69 Å². The van der Waals surface area contributed by atoms with Gasteiger partial charge >= 0.3 is 0 Å². The highest BCUT2D eigenvalue weighted by Gasteiger charge is 2.22. The van der Waals surface area contributed by atoms with Crippen molar-refractivity contribution in [3.63, 3.8) is 0 Å². The zero-order chi connectivity index (χ0) is 14.4. The Morgan fingerprint density at radius 3 is 2.76 bits per heavy atom. The highest BCUT2D eigenvalue weighted by Crippen LogP contribution is 2.38. The zero-order valence-electron chi connectivity index (χ0n) is 12.3. The molecule has 21 heavy (non-hydrogen) atoms. The molecule has 0 N–H and O–H groups in total. The lowest BCUT2D eigenvalue weighted by molar-refractivity contribution is -0.660. The Hall–Kier alpha value is -2.48. The average molecular weight is 273 g/mol. The van der Waals surface area contributed by atoms with E-state index in [0.717, 1.165) is 6.42 Å². The van der Waals surface area contributed by atoms with Crippen LogP contribution in [0.15, 0.2) is 54.9 Å². The lowest BCUT2D eigenvalue weighted by atomic mass is 9.96. The second-order valence-corrected chi connectivity index (χ2v) is 5.70. The third-order valence-corrected chi connectivity index (χ3v) is 4.32. The molecule has 3 aromatic rings. The average Bonchev–Trinajstić information content (AvgIpc) is 2.84. The van der Waals surface area contributed by atoms with Crippen LogP contribution in [0.5, 0.6) is 0 Å². The van der Waals surface area contributed by atoms with Crippen LogP contribution in [0.2, 0.25) is 0 Å². The zero-order valence-corrected chi connectivity index (χ0v) is 12.3. The molecule has 2 heteroatoms. The first kappa shape index (κ1) is 12.3. The van der Waals surface area contributed by atoms with E-state index in [-0.39, 0.29) is 0 Å². The molecule has 1 aliphatic rings. The van der Waals surface area contributed by atoms with E-state index in [1.165, 1.54) is 39.2 Å². The number of fused-ring (bicyclic) bond motifs is 3. The van der Waals surface area contributed by atoms with E-state index in [2.05, 4.69) is 66.1 Å². The van der Waals surface area contributed by atoms with E-state index >= 15 is 0 Å². The van der Waals surface area contributed by atoms with Gasteiger partial charge in [-0.2, -0.15) is 0 Å². The van der Waals surface area contributed by atoms with E-state index in [0.29, 0.717) is 0 Å². The highest BCUT2D eigenvalue weighted by molar-refractivity contribution is 5.80. The maximum atomic E-state index is 4.52. The van der Waals surface area contributed by atoms with Crippen molar-refractivity contribution < 1.29 is 4.57 Å². The fraction of sp³-hybridized carbons (Fsp3) is 0.158. The van der Waals surface area contributed by atoms with E-state index in [1.54, 1.807) is 0 Å². The highest BCUT2D eigenvalue weighted by atomic mass is 14.9. The quantitative estimate of drug-likeness (QED) is 0.485. The summed E-state index contributed by atoms with van der Waals surface area (Å²) in [7, 11) is 2.09. The molecule has 0 amide bonds. The Labute approximate surface area is 124 Å². The van der Waals surface area contributed by atoms with Crippen molar-refractivity contribution in [2.45, 2.75) is 13.3 Å². The van der Waals surface area contributed by atoms with E-state index in [4.69, 9.17) is 0 Å². The Morgan fingerprint density at radius 2 is 1.90 bits per heavy atom. The fourth-order valence-electron chi connectivity index (χ4n) is 3.25. The van der Waals surface area contributed by atoms with Gasteiger partial charge in [0.25, 0.3) is 0 Å². The van der Waals surface area contributed by atoms with Crippen molar-refractivity contribution in [3.8, 4) is 22.4 Å². The van der Waals surface area contributed by atoms with Crippen molar-refractivity contribution in [3.05, 3.63) is 71.7 Å². The second-order valence-electron chi connectivity index (χ2n) is 5.70. The number of nitrogens with zero attached hydrogens (tertiary/aromatic N) is 2. The summed E-state index contributed by atoms with van der Waals surface area (Å²) in [4.78, 5) is 4.52. The van der Waals surface area contributed by atoms with Gasteiger partial charge in [-0.25, -0.2) is 4.57 Å². The third kappa shape index (κ3) is 1.87. The minimum absolute atomic E-state index is 0.952. The van der Waals surface area contributed by atoms with Crippen LogP contribution in [0, 0.1) is 6.92 Å². The first-order valence-corrected chi connectivity index (χ1v) is 7.27. The van der Waals surface area contributed by atoms with E-state index in [9.17, 15) is 0 Å². The molecule has 2 heterocycles. The summed E-state index contributed by atoms with van der Waals surface area (Å²) in [6.45, 7) is 2.19. The normalized spacial score (nSPS) is 12.1. The Morgan fingerprint density at radius 1 is 1.00 bits per heavy atom. The van der Waals surface area contributed by atoms with Crippen molar-refractivity contribution in [2.24, 2.45) is 7.05 Å². The van der Waals surface area contributed by atoms with Gasteiger partial charge in [0.1, 0.15) is 7.05 Å². The smallest absolute Gasteiger partial charge is 0.212 e. The molecular weight excluding hydrogens is 256 g/mol. The number of hydrogen-bond donors (Lipinski definition) is 0. The van der Waals surface area contributed by atoms with Crippen LogP contribution < -0.4 is 4.57 Å². The number of hydrogen-bond acceptors (Lipinski definition) is 1. The molecule has 0 aliphatic heterocycles. The number of aryl methyl sites for hydroxylation is 2. The topological polar surface area (TPSA) is 16.8 Å². The lowest BCUT2D eigenvalue weighted by Gasteiger charge is -2.08. The van der Waals surface area contributed by atoms with Crippen molar-refractivity contribution in [1.82, 2.24) is 4.98 Å². The number of benzene rings is 1. The molecule has 102 valence electrons. The predicted octanol–water partition coefficient (Wildman–Crippen LogP) is 3.45. The van der Waals surface area contributed by atoms with Crippen molar-refractivity contribution in [1.29, 1.82) is 0 Å². The van der Waals surface area contributed by atoms with Gasteiger partial charge in [-0.15, -0.1) is 0 Å². The van der Waals surface area contributed by atoms with Gasteiger partial charge in [0, 0.05) is 35.9 Å². The SMILES string of the molecule is Cc1cc2c(cc1-c1cccc[n+]1C)-c1cccnc1C2. The van der Waals surface area contributed by atoms with Crippen molar-refractivity contribution in [2.75, 3.05) is 0 Å². The summed E-state index contributed by atoms with van der Waals surface area (Å²) < 4.78 is 2.17. The standard InChI is InChI=1S/C19H17N2/c1-13-10-14-11-18-15(6-5-8-20-18)17(14)12-16(13)19-7-3-4-9-21(19)2/h3-10,12H,11H2,1-2H3/q+1. The second kappa shape index (κ2) is 4.52. The van der Waals surface area contributed by atoms with Gasteiger partial charge in [0.15, 0.2) is 6.20 Å². The largest absolute Gasteiger partial charge is 0.260 e. The molecule has 0 unspecified atom stereocenters. The van der Waals surface area contributed by atoms with E-state index < -0.39 is 0 Å². The first-order valence-electron chi connectivity index (χ1n) is 7.27. The van der Waals surface area contributed by atoms with Crippen LogP contribution >= 0.6 is 0 Å². The maximum absolute atomic E-state index is 4.52. The molecule has 0 saturated carbocycles. The molecular formula is C19H17N2+. The third-order valence-electron chi connectivity index (χ3n) is 4.32. The molecule has 0 atom stereocenters. The molecule has 2 aromatic heterocycles. The minimum Gasteiger partial charge on any atom is -0.260 e. The molecule has 0 radical (unpaired) electrons. The van der Waals surface area contributed by atoms with Crippen LogP contribution in [0.1, 0.15) is 16.8 Å². The molecule has 1 aliphatic carbocycles. The summed E-state index contributed by atoms with van der Waals surface area (Å²) in [5.41, 5.74) is 9.08. The van der Waals surface area contributed by atoms with Gasteiger partial charge in [-0.1, -0.05) is 12.1 Å². The van der Waals surface area contributed by atoms with Crippen LogP contribution in [-0.2, 0) is 13.5 Å². The predicted molar refractivity (Wildman–Crippen MR) is 83.8 cm³/mol. The van der Waals surface area contributed by atoms with Crippen LogP contribution in [-0.4, -0.2) is 4.98 Å². The summed E-state index contributed by atoms with van der Waals surface area (Å²) in [5, 5.41) is 0. The lowest BCUT2D eigenvalue weighted by Crippen LogP contribution is -2.30. The van der Waals surface area contributed by atoms with Crippen LogP contribution in [0.3, 0.4) is 0 Å². The maximum Gasteiger partial charge on any atom is 0.212 e. The summed E-state index contributed by atoms with van der Waals surface area (Å²) in [5.74, 6) is 0. The molecule has 0 fully saturated rings. The van der Waals surface area contributed by atoms with Gasteiger partial charge in [-0.3, -0.25) is 4.98 Å². The Bertz CT molecular complexity index is 850. The van der Waals surface area contributed by atoms with Gasteiger partial charge in [-0.05, 0) is 41.8 Å². The molecule has 0 spiro atoms. The monoisotopic (exact) mass is 273 g/mol. The van der Waals surface area contributed by atoms with E-state index in [1.807, 2.05) is 12.3 Å². The Kier molecular flexibility index (Phi) is 2.64. The Balaban J connectivity index is 1.96. The first-order chi connectivity index (χ1) is 10.2. The molecule has 0 saturated heterocycles. The van der Waals surface area contributed by atoms with Crippen LogP contribution in [0.25, 0.3) is 22.4 Å². The molecule has 1 aromatic carbocycles. The molecule has 4 rings (SSSR count). The van der Waals surface area contributed by atoms with Crippen LogP contribution in [0.4, 0.5) is 0 Å². The molecule has 0 bridgehead atoms. The number of aromatic nitrogens is 2. The van der Waals surface area contributed by atoms with Gasteiger partial charge in [0.05, 0.1) is 5.69 Å². The summed E-state index contributed by atoms with van der Waals surface area (Å²) in [6, 6.07) is 15.2. The fourth-order valence-corrected chi connectivity index (χ4v) is 3.25. The minimum atomic E-state index is 0.952. The number of pyridine rings is 2.